The average Bonchev–Trinajstić information content (AvgIpc) is 3.28. The van der Waals surface area contributed by atoms with Crippen molar-refractivity contribution in [3.8, 4) is 0 Å². The Morgan fingerprint density at radius 2 is 1.84 bits per heavy atom. The Bertz CT molecular complexity index is 1300. The predicted octanol–water partition coefficient (Wildman–Crippen LogP) is 4.69. The average molecular weight is 550 g/mol. The van der Waals surface area contributed by atoms with Crippen molar-refractivity contribution < 1.29 is 32.3 Å². The number of benzene rings is 2. The Morgan fingerprint density at radius 1 is 1.08 bits per heavy atom. The number of amides is 3. The van der Waals surface area contributed by atoms with E-state index in [4.69, 9.17) is 17.0 Å². The molecule has 0 atom stereocenters. The van der Waals surface area contributed by atoms with Crippen LogP contribution < -0.4 is 10.2 Å². The lowest BCUT2D eigenvalue weighted by atomic mass is 10.1. The van der Waals surface area contributed by atoms with Crippen LogP contribution in [0.5, 0.6) is 0 Å². The maximum absolute atomic E-state index is 13.5. The molecule has 0 unspecified atom stereocenters. The molecule has 0 saturated carbocycles. The van der Waals surface area contributed by atoms with Gasteiger partial charge in [-0.25, -0.2) is 0 Å². The molecule has 3 amide bonds. The molecular weight excluding hydrogens is 527 g/mol. The molecule has 4 rings (SSSR count). The summed E-state index contributed by atoms with van der Waals surface area (Å²) in [6, 6.07) is 10.9. The molecule has 2 aliphatic heterocycles. The van der Waals surface area contributed by atoms with E-state index in [1.165, 1.54) is 21.9 Å². The molecule has 2 aromatic carbocycles. The summed E-state index contributed by atoms with van der Waals surface area (Å²) >= 11 is 6.41. The lowest BCUT2D eigenvalue weighted by Crippen LogP contribution is -2.35. The van der Waals surface area contributed by atoms with Crippen LogP contribution in [0, 0.1) is 0 Å². The lowest BCUT2D eigenvalue weighted by Gasteiger charge is -2.17. The number of rotatable bonds is 8. The minimum atomic E-state index is -4.56. The fraction of sp³-hybridized carbons (Fsp3) is 0.280. The maximum atomic E-state index is 13.5. The first-order chi connectivity index (χ1) is 17.6. The number of hydrogen-bond donors (Lipinski definition) is 1. The van der Waals surface area contributed by atoms with Gasteiger partial charge in [-0.3, -0.25) is 24.2 Å². The van der Waals surface area contributed by atoms with Crippen LogP contribution in [0.2, 0.25) is 0 Å². The summed E-state index contributed by atoms with van der Waals surface area (Å²) in [5.74, 6) is -1.64. The minimum Gasteiger partial charge on any atom is -0.382 e. The van der Waals surface area contributed by atoms with Crippen LogP contribution in [0.25, 0.3) is 5.57 Å². The third-order valence-electron chi connectivity index (χ3n) is 5.65. The van der Waals surface area contributed by atoms with Crippen molar-refractivity contribution in [2.24, 2.45) is 0 Å². The van der Waals surface area contributed by atoms with Gasteiger partial charge in [0, 0.05) is 31.0 Å². The van der Waals surface area contributed by atoms with Crippen molar-refractivity contribution >= 4 is 63.0 Å². The lowest BCUT2D eigenvalue weighted by molar-refractivity contribution is -0.137. The number of anilines is 2. The summed E-state index contributed by atoms with van der Waals surface area (Å²) in [7, 11) is 0. The van der Waals surface area contributed by atoms with Crippen molar-refractivity contribution in [3.63, 3.8) is 0 Å². The van der Waals surface area contributed by atoms with Crippen LogP contribution in [0.15, 0.2) is 53.4 Å². The molecule has 0 aliphatic carbocycles. The molecule has 12 heteroatoms. The molecule has 194 valence electrons. The van der Waals surface area contributed by atoms with E-state index in [2.05, 4.69) is 5.32 Å². The summed E-state index contributed by atoms with van der Waals surface area (Å²) in [5.41, 5.74) is 0.0935. The molecule has 0 bridgehead atoms. The van der Waals surface area contributed by atoms with Gasteiger partial charge in [0.2, 0.25) is 5.91 Å². The summed E-state index contributed by atoms with van der Waals surface area (Å²) in [6.07, 6.45) is -3.98. The van der Waals surface area contributed by atoms with E-state index in [0.29, 0.717) is 41.8 Å². The van der Waals surface area contributed by atoms with Gasteiger partial charge in [0.05, 0.1) is 21.7 Å². The molecular formula is C25H22F3N3O4S2. The highest BCUT2D eigenvalue weighted by molar-refractivity contribution is 8.26. The number of para-hydroxylation sites is 1. The van der Waals surface area contributed by atoms with Crippen LogP contribution >= 0.6 is 24.0 Å². The van der Waals surface area contributed by atoms with Crippen molar-refractivity contribution in [1.82, 2.24) is 4.90 Å². The van der Waals surface area contributed by atoms with Gasteiger partial charge in [-0.15, -0.1) is 0 Å². The van der Waals surface area contributed by atoms with Crippen molar-refractivity contribution in [2.75, 3.05) is 36.5 Å². The molecule has 7 nitrogen and oxygen atoms in total. The summed E-state index contributed by atoms with van der Waals surface area (Å²) in [6.45, 7) is 2.80. The molecule has 1 fully saturated rings. The highest BCUT2D eigenvalue weighted by atomic mass is 32.2. The van der Waals surface area contributed by atoms with E-state index in [-0.39, 0.29) is 22.1 Å². The monoisotopic (exact) mass is 549 g/mol. The van der Waals surface area contributed by atoms with Crippen molar-refractivity contribution in [2.45, 2.75) is 19.5 Å². The minimum absolute atomic E-state index is 0.0482. The van der Waals surface area contributed by atoms with Crippen LogP contribution in [0.4, 0.5) is 24.5 Å². The Hall–Kier alpha value is -3.22. The molecule has 1 N–H and O–H groups in total. The second-order valence-electron chi connectivity index (χ2n) is 8.11. The topological polar surface area (TPSA) is 79.0 Å². The number of nitrogens with zero attached hydrogens (tertiary/aromatic N) is 2. The number of thioether (sulfide) groups is 1. The van der Waals surface area contributed by atoms with Crippen LogP contribution in [0.3, 0.4) is 0 Å². The van der Waals surface area contributed by atoms with Gasteiger partial charge in [0.15, 0.2) is 0 Å². The number of carbonyl (C=O) groups is 3. The van der Waals surface area contributed by atoms with Crippen LogP contribution in [-0.2, 0) is 25.3 Å². The maximum Gasteiger partial charge on any atom is 0.416 e. The standard InChI is InChI=1S/C25H22F3N3O4S2/c1-2-35-12-6-11-30-23(34)21(37-24(30)36)20-17-9-3-4-10-18(17)31(22(20)33)14-19(32)29-16-8-5-7-15(13-16)25(26,27)28/h3-5,7-10,13H,2,6,11-12,14H2,1H3,(H,29,32). The first-order valence-corrected chi connectivity index (χ1v) is 12.6. The van der Waals surface area contributed by atoms with E-state index in [0.717, 1.165) is 23.9 Å². The summed E-state index contributed by atoms with van der Waals surface area (Å²) in [5, 5.41) is 2.41. The number of carbonyl (C=O) groups excluding carboxylic acids is 3. The normalized spacial score (nSPS) is 17.6. The van der Waals surface area contributed by atoms with E-state index in [9.17, 15) is 27.6 Å². The largest absolute Gasteiger partial charge is 0.416 e. The van der Waals surface area contributed by atoms with E-state index < -0.39 is 30.1 Å². The zero-order chi connectivity index (χ0) is 26.7. The van der Waals surface area contributed by atoms with Gasteiger partial charge in [-0.1, -0.05) is 48.2 Å². The van der Waals surface area contributed by atoms with Gasteiger partial charge in [0.1, 0.15) is 10.9 Å². The zero-order valence-corrected chi connectivity index (χ0v) is 21.3. The number of hydrogen-bond acceptors (Lipinski definition) is 6. The van der Waals surface area contributed by atoms with Gasteiger partial charge < -0.3 is 10.1 Å². The van der Waals surface area contributed by atoms with Crippen LogP contribution in [-0.4, -0.2) is 53.2 Å². The SMILES string of the molecule is CCOCCCN1C(=O)C(=C2C(=O)N(CC(=O)Nc3cccc(C(F)(F)F)c3)c3ccccc32)SC1=S. The first-order valence-electron chi connectivity index (χ1n) is 11.4. The fourth-order valence-electron chi connectivity index (χ4n) is 3.99. The molecule has 2 aromatic rings. The predicted molar refractivity (Wildman–Crippen MR) is 139 cm³/mol. The first kappa shape index (κ1) is 26.8. The number of thiocarbonyl (C=S) groups is 1. The Kier molecular flexibility index (Phi) is 8.00. The number of nitrogens with one attached hydrogen (secondary N) is 1. The summed E-state index contributed by atoms with van der Waals surface area (Å²) < 4.78 is 44.7. The molecule has 0 spiro atoms. The summed E-state index contributed by atoms with van der Waals surface area (Å²) in [4.78, 5) is 42.2. The Morgan fingerprint density at radius 3 is 2.57 bits per heavy atom. The number of halogens is 3. The Labute approximate surface area is 220 Å². The Balaban J connectivity index is 1.56. The van der Waals surface area contributed by atoms with Crippen LogP contribution in [0.1, 0.15) is 24.5 Å². The van der Waals surface area contributed by atoms with Gasteiger partial charge in [-0.2, -0.15) is 13.2 Å². The van der Waals surface area contributed by atoms with Gasteiger partial charge in [0.25, 0.3) is 11.8 Å². The third kappa shape index (κ3) is 5.71. The molecule has 2 heterocycles. The van der Waals surface area contributed by atoms with E-state index >= 15 is 0 Å². The number of fused-ring (bicyclic) bond motifs is 1. The highest BCUT2D eigenvalue weighted by Crippen LogP contribution is 2.44. The quantitative estimate of drug-likeness (QED) is 0.293. The van der Waals surface area contributed by atoms with E-state index in [1.807, 2.05) is 6.92 Å². The van der Waals surface area contributed by atoms with E-state index in [1.54, 1.807) is 24.3 Å². The second kappa shape index (κ2) is 11.0. The third-order valence-corrected chi connectivity index (χ3v) is 7.10. The zero-order valence-electron chi connectivity index (χ0n) is 19.6. The molecule has 0 aromatic heterocycles. The van der Waals surface area contributed by atoms with Crippen molar-refractivity contribution in [1.29, 1.82) is 0 Å². The number of alkyl halides is 3. The fourth-order valence-corrected chi connectivity index (χ4v) is 5.37. The molecule has 2 aliphatic rings. The second-order valence-corrected chi connectivity index (χ2v) is 9.76. The van der Waals surface area contributed by atoms with Crippen molar-refractivity contribution in [3.05, 3.63) is 64.6 Å². The molecule has 0 radical (unpaired) electrons. The van der Waals surface area contributed by atoms with Gasteiger partial charge in [-0.05, 0) is 37.6 Å². The van der Waals surface area contributed by atoms with Gasteiger partial charge >= 0.3 is 6.18 Å². The number of ether oxygens (including phenoxy) is 1. The highest BCUT2D eigenvalue weighted by Gasteiger charge is 2.42. The molecule has 1 saturated heterocycles. The smallest absolute Gasteiger partial charge is 0.382 e. The molecule has 37 heavy (non-hydrogen) atoms.